The minimum absolute atomic E-state index is 0.202. The number of amides is 1. The molecule has 5 fully saturated rings. The molecular formula is C41H62N2O3. The molecule has 9 atom stereocenters. The number of β-amino-alcohol motifs (C(OH)–C–C–N with tert-alkyl or cyclic N) is 1. The monoisotopic (exact) mass is 630 g/mol. The molecular weight excluding hydrogens is 568 g/mol. The van der Waals surface area contributed by atoms with E-state index in [0.717, 1.165) is 42.5 Å². The number of fused-ring (bicyclic) bond motifs is 7. The van der Waals surface area contributed by atoms with Gasteiger partial charge in [-0.2, -0.15) is 0 Å². The number of aliphatic hydroxyl groups is 1. The number of hydrogen-bond donors (Lipinski definition) is 1. The van der Waals surface area contributed by atoms with Crippen molar-refractivity contribution in [2.45, 2.75) is 125 Å². The van der Waals surface area contributed by atoms with E-state index in [9.17, 15) is 9.90 Å². The van der Waals surface area contributed by atoms with Crippen molar-refractivity contribution in [3.63, 3.8) is 0 Å². The third-order valence-electron chi connectivity index (χ3n) is 16.1. The van der Waals surface area contributed by atoms with Gasteiger partial charge in [-0.3, -0.25) is 4.79 Å². The van der Waals surface area contributed by atoms with Crippen LogP contribution in [0.15, 0.2) is 35.9 Å². The lowest BCUT2D eigenvalue weighted by Gasteiger charge is -2.71. The molecule has 0 radical (unpaired) electrons. The van der Waals surface area contributed by atoms with Gasteiger partial charge in [0.05, 0.1) is 19.3 Å². The van der Waals surface area contributed by atoms with Gasteiger partial charge < -0.3 is 19.6 Å². The summed E-state index contributed by atoms with van der Waals surface area (Å²) in [6.45, 7) is 19.5. The lowest BCUT2D eigenvalue weighted by Crippen LogP contribution is -2.63. The summed E-state index contributed by atoms with van der Waals surface area (Å²) in [5, 5.41) is 11.3. The van der Waals surface area contributed by atoms with Gasteiger partial charge in [0.25, 0.3) is 0 Å². The van der Waals surface area contributed by atoms with E-state index in [1.807, 2.05) is 34.1 Å². The number of hydrogen-bond acceptors (Lipinski definition) is 4. The van der Waals surface area contributed by atoms with E-state index < -0.39 is 11.6 Å². The lowest BCUT2D eigenvalue weighted by molar-refractivity contribution is -0.181. The number of allylic oxidation sites excluding steroid dienone is 2. The van der Waals surface area contributed by atoms with Gasteiger partial charge in [0.2, 0.25) is 5.91 Å². The quantitative estimate of drug-likeness (QED) is 0.339. The van der Waals surface area contributed by atoms with E-state index in [1.165, 1.54) is 51.4 Å². The minimum Gasteiger partial charge on any atom is -0.495 e. The predicted octanol–water partition coefficient (Wildman–Crippen LogP) is 8.85. The van der Waals surface area contributed by atoms with E-state index in [0.29, 0.717) is 41.8 Å². The number of nitrogens with zero attached hydrogens (tertiary/aromatic N) is 2. The number of carbonyl (C=O) groups is 1. The molecule has 3 unspecified atom stereocenters. The Kier molecular flexibility index (Phi) is 7.60. The molecule has 5 aliphatic carbocycles. The number of benzene rings is 1. The zero-order chi connectivity index (χ0) is 32.9. The topological polar surface area (TPSA) is 53.0 Å². The second-order valence-corrected chi connectivity index (χ2v) is 18.7. The molecule has 1 amide bonds. The van der Waals surface area contributed by atoms with Crippen LogP contribution in [0, 0.1) is 50.2 Å². The van der Waals surface area contributed by atoms with Gasteiger partial charge in [0.1, 0.15) is 12.0 Å². The van der Waals surface area contributed by atoms with Crippen LogP contribution in [0.4, 0.5) is 5.69 Å². The fraction of sp³-hybridized carbons (Fsp3) is 0.780. The summed E-state index contributed by atoms with van der Waals surface area (Å²) >= 11 is 0. The van der Waals surface area contributed by atoms with E-state index in [1.54, 1.807) is 12.7 Å². The van der Waals surface area contributed by atoms with Gasteiger partial charge >= 0.3 is 0 Å². The number of aliphatic hydroxyl groups excluding tert-OH is 1. The molecule has 0 bridgehead atoms. The van der Waals surface area contributed by atoms with Crippen molar-refractivity contribution in [3.05, 3.63) is 35.9 Å². The number of anilines is 1. The first-order valence-corrected chi connectivity index (χ1v) is 18.7. The molecule has 1 N–H and O–H groups in total. The van der Waals surface area contributed by atoms with Crippen LogP contribution in [0.3, 0.4) is 0 Å². The molecule has 5 heteroatoms. The molecule has 4 saturated carbocycles. The Morgan fingerprint density at radius 3 is 2.37 bits per heavy atom. The van der Waals surface area contributed by atoms with E-state index in [4.69, 9.17) is 4.74 Å². The molecule has 5 nitrogen and oxygen atoms in total. The zero-order valence-electron chi connectivity index (χ0n) is 30.3. The van der Waals surface area contributed by atoms with Crippen molar-refractivity contribution in [1.29, 1.82) is 0 Å². The predicted molar refractivity (Wildman–Crippen MR) is 187 cm³/mol. The van der Waals surface area contributed by atoms with Gasteiger partial charge in [0, 0.05) is 18.5 Å². The first-order valence-electron chi connectivity index (χ1n) is 18.7. The molecule has 7 rings (SSSR count). The van der Waals surface area contributed by atoms with Crippen LogP contribution >= 0.6 is 0 Å². The number of methoxy groups -OCH3 is 1. The Hall–Kier alpha value is -2.01. The van der Waals surface area contributed by atoms with Crippen LogP contribution in [-0.2, 0) is 4.79 Å². The van der Waals surface area contributed by atoms with Gasteiger partial charge in [0.15, 0.2) is 0 Å². The number of para-hydroxylation sites is 2. The number of carbonyl (C=O) groups excluding carboxylic acids is 1. The molecule has 1 aromatic rings. The van der Waals surface area contributed by atoms with E-state index in [2.05, 4.69) is 54.5 Å². The van der Waals surface area contributed by atoms with Crippen LogP contribution in [0.5, 0.6) is 5.75 Å². The maximum atomic E-state index is 14.5. The number of rotatable bonds is 3. The average Bonchev–Trinajstić information content (AvgIpc) is 3.01. The summed E-state index contributed by atoms with van der Waals surface area (Å²) in [5.41, 5.74) is 3.86. The highest BCUT2D eigenvalue weighted by molar-refractivity contribution is 5.83. The SMILES string of the molecule is COc1ccccc1N1CCN(C(=O)C2(C)CC[C@]3(C)CC[C@]4(C)C(=CCC5[C@@]6(C)CCCC(C)(C)C6CC[C@]54C)[C@H]3C2)C[C@H]1O. The first kappa shape index (κ1) is 32.5. The fourth-order valence-corrected chi connectivity index (χ4v) is 13.1. The standard InChI is InChI=1S/C41H62N2O3/c1-36(2)17-11-18-39(5)32(36)16-19-41(7)33(39)15-14-28-29-26-38(4,21-20-37(29,3)22-23-40(28,41)6)35(45)42-24-25-43(34(44)27-42)30-12-9-10-13-31(30)46-8/h9-10,12-14,29,32-34,44H,11,15-27H2,1-8H3/t29-,32?,33?,34-,37-,38?,39+,40-,41-/m1/s1. The Morgan fingerprint density at radius 1 is 0.891 bits per heavy atom. The van der Waals surface area contributed by atoms with Crippen LogP contribution in [-0.4, -0.2) is 48.9 Å². The van der Waals surface area contributed by atoms with Crippen LogP contribution < -0.4 is 9.64 Å². The van der Waals surface area contributed by atoms with Crippen LogP contribution in [0.2, 0.25) is 0 Å². The number of ether oxygens (including phenoxy) is 1. The Morgan fingerprint density at radius 2 is 1.63 bits per heavy atom. The van der Waals surface area contributed by atoms with E-state index >= 15 is 0 Å². The second kappa shape index (κ2) is 10.7. The smallest absolute Gasteiger partial charge is 0.228 e. The summed E-state index contributed by atoms with van der Waals surface area (Å²) in [6, 6.07) is 7.85. The van der Waals surface area contributed by atoms with Crippen molar-refractivity contribution in [2.75, 3.05) is 31.6 Å². The Bertz CT molecular complexity index is 1400. The summed E-state index contributed by atoms with van der Waals surface area (Å²) < 4.78 is 5.59. The Balaban J connectivity index is 1.14. The fourth-order valence-electron chi connectivity index (χ4n) is 13.1. The first-order chi connectivity index (χ1) is 21.6. The second-order valence-electron chi connectivity index (χ2n) is 18.7. The third-order valence-corrected chi connectivity index (χ3v) is 16.1. The molecule has 46 heavy (non-hydrogen) atoms. The van der Waals surface area contributed by atoms with Gasteiger partial charge in [-0.25, -0.2) is 0 Å². The Labute approximate surface area is 279 Å². The largest absolute Gasteiger partial charge is 0.495 e. The zero-order valence-corrected chi connectivity index (χ0v) is 30.3. The van der Waals surface area contributed by atoms with Crippen molar-refractivity contribution in [3.8, 4) is 5.75 Å². The highest BCUT2D eigenvalue weighted by Crippen LogP contribution is 2.75. The highest BCUT2D eigenvalue weighted by atomic mass is 16.5. The minimum atomic E-state index is -0.747. The van der Waals surface area contributed by atoms with Crippen molar-refractivity contribution in [2.24, 2.45) is 50.2 Å². The summed E-state index contributed by atoms with van der Waals surface area (Å²) in [4.78, 5) is 18.5. The van der Waals surface area contributed by atoms with Crippen molar-refractivity contribution in [1.82, 2.24) is 4.90 Å². The molecule has 0 aromatic heterocycles. The normalized spacial score (nSPS) is 45.0. The number of piperazine rings is 1. The lowest BCUT2D eigenvalue weighted by atomic mass is 9.34. The maximum Gasteiger partial charge on any atom is 0.228 e. The third kappa shape index (κ3) is 4.52. The van der Waals surface area contributed by atoms with Crippen LogP contribution in [0.1, 0.15) is 119 Å². The van der Waals surface area contributed by atoms with Gasteiger partial charge in [-0.05, 0) is 121 Å². The summed E-state index contributed by atoms with van der Waals surface area (Å²) in [7, 11) is 1.67. The van der Waals surface area contributed by atoms with Crippen molar-refractivity contribution < 1.29 is 14.6 Å². The molecule has 1 aliphatic heterocycles. The molecule has 1 aromatic carbocycles. The molecule has 1 saturated heterocycles. The molecule has 6 aliphatic rings. The van der Waals surface area contributed by atoms with E-state index in [-0.39, 0.29) is 16.7 Å². The maximum absolute atomic E-state index is 14.5. The van der Waals surface area contributed by atoms with Crippen LogP contribution in [0.25, 0.3) is 0 Å². The highest BCUT2D eigenvalue weighted by Gasteiger charge is 2.67. The average molecular weight is 631 g/mol. The molecule has 254 valence electrons. The molecule has 1 heterocycles. The van der Waals surface area contributed by atoms with Gasteiger partial charge in [-0.1, -0.05) is 78.7 Å². The summed E-state index contributed by atoms with van der Waals surface area (Å²) in [5.74, 6) is 3.03. The van der Waals surface area contributed by atoms with Gasteiger partial charge in [-0.15, -0.1) is 0 Å². The van der Waals surface area contributed by atoms with Crippen molar-refractivity contribution >= 4 is 11.6 Å². The molecule has 0 spiro atoms. The summed E-state index contributed by atoms with van der Waals surface area (Å²) in [6.07, 6.45) is 15.7.